The molecule has 0 saturated carbocycles. The molecule has 0 saturated heterocycles. The number of nitrogens with zero attached hydrogens (tertiary/aromatic N) is 3. The van der Waals surface area contributed by atoms with E-state index in [2.05, 4.69) is 30.3 Å². The molecule has 0 aliphatic heterocycles. The molecule has 2 aromatic heterocycles. The Bertz CT molecular complexity index is 1110. The molecule has 0 atom stereocenters. The molecule has 3 aromatic rings. The summed E-state index contributed by atoms with van der Waals surface area (Å²) >= 11 is 0. The molecule has 0 amide bonds. The molecule has 0 fully saturated rings. The smallest absolute Gasteiger partial charge is 0.240 e. The fraction of sp³-hybridized carbons (Fsp3) is 0.250. The van der Waals surface area contributed by atoms with Crippen LogP contribution in [0.3, 0.4) is 0 Å². The second kappa shape index (κ2) is 9.51. The van der Waals surface area contributed by atoms with E-state index in [1.807, 2.05) is 25.1 Å². The van der Waals surface area contributed by atoms with Gasteiger partial charge in [-0.3, -0.25) is 0 Å². The van der Waals surface area contributed by atoms with Gasteiger partial charge >= 0.3 is 0 Å². The lowest BCUT2D eigenvalue weighted by Gasteiger charge is -2.13. The third-order valence-corrected chi connectivity index (χ3v) is 5.90. The highest BCUT2D eigenvalue weighted by Crippen LogP contribution is 2.25. The van der Waals surface area contributed by atoms with Crippen molar-refractivity contribution in [3.63, 3.8) is 0 Å². The average molecular weight is 429 g/mol. The van der Waals surface area contributed by atoms with Crippen LogP contribution >= 0.6 is 0 Å². The monoisotopic (exact) mass is 428 g/mol. The fourth-order valence-electron chi connectivity index (χ4n) is 2.82. The summed E-state index contributed by atoms with van der Waals surface area (Å²) < 4.78 is 33.1. The summed E-state index contributed by atoms with van der Waals surface area (Å²) in [6, 6.07) is 10.6. The van der Waals surface area contributed by atoms with E-state index in [4.69, 9.17) is 4.74 Å². The number of methoxy groups -OCH3 is 1. The Balaban J connectivity index is 1.57. The van der Waals surface area contributed by atoms with Gasteiger partial charge in [0, 0.05) is 25.4 Å². The maximum atomic E-state index is 12.7. The number of aryl methyl sites for hydroxylation is 2. The zero-order chi connectivity index (χ0) is 21.6. The lowest BCUT2D eigenvalue weighted by Crippen LogP contribution is -2.29. The molecule has 1 aromatic carbocycles. The van der Waals surface area contributed by atoms with E-state index in [1.54, 1.807) is 38.4 Å². The molecule has 3 N–H and O–H groups in total. The van der Waals surface area contributed by atoms with Gasteiger partial charge in [0.25, 0.3) is 0 Å². The highest BCUT2D eigenvalue weighted by molar-refractivity contribution is 7.89. The number of ether oxygens (including phenoxy) is 1. The van der Waals surface area contributed by atoms with Crippen LogP contribution < -0.4 is 20.1 Å². The van der Waals surface area contributed by atoms with Crippen LogP contribution in [0.4, 0.5) is 17.5 Å². The van der Waals surface area contributed by atoms with E-state index in [1.165, 1.54) is 6.33 Å². The van der Waals surface area contributed by atoms with Gasteiger partial charge in [0.1, 0.15) is 29.5 Å². The average Bonchev–Trinajstić information content (AvgIpc) is 2.73. The number of aromatic nitrogens is 3. The summed E-state index contributed by atoms with van der Waals surface area (Å²) in [4.78, 5) is 12.7. The lowest BCUT2D eigenvalue weighted by atomic mass is 10.1. The van der Waals surface area contributed by atoms with E-state index in [-0.39, 0.29) is 11.4 Å². The first-order valence-electron chi connectivity index (χ1n) is 9.28. The van der Waals surface area contributed by atoms with Crippen LogP contribution in [0, 0.1) is 13.8 Å². The predicted molar refractivity (Wildman–Crippen MR) is 116 cm³/mol. The van der Waals surface area contributed by atoms with E-state index < -0.39 is 10.0 Å². The van der Waals surface area contributed by atoms with E-state index >= 15 is 0 Å². The van der Waals surface area contributed by atoms with Crippen molar-refractivity contribution in [2.45, 2.75) is 18.7 Å². The maximum absolute atomic E-state index is 12.7. The third-order valence-electron chi connectivity index (χ3n) is 4.29. The number of hydrogen-bond acceptors (Lipinski definition) is 8. The van der Waals surface area contributed by atoms with Crippen molar-refractivity contribution < 1.29 is 13.2 Å². The molecule has 0 spiro atoms. The molecule has 0 bridgehead atoms. The Labute approximate surface area is 176 Å². The van der Waals surface area contributed by atoms with Gasteiger partial charge in [-0.1, -0.05) is 6.07 Å². The molecule has 0 aliphatic carbocycles. The third kappa shape index (κ3) is 5.43. The normalized spacial score (nSPS) is 11.2. The first-order chi connectivity index (χ1) is 14.4. The second-order valence-electron chi connectivity index (χ2n) is 6.54. The number of rotatable bonds is 9. The molecular weight excluding hydrogens is 404 g/mol. The quantitative estimate of drug-likeness (QED) is 0.445. The van der Waals surface area contributed by atoms with Crippen LogP contribution in [-0.2, 0) is 10.0 Å². The maximum Gasteiger partial charge on any atom is 0.240 e. The molecule has 9 nitrogen and oxygen atoms in total. The van der Waals surface area contributed by atoms with Crippen molar-refractivity contribution in [2.75, 3.05) is 30.8 Å². The van der Waals surface area contributed by atoms with Crippen molar-refractivity contribution in [3.8, 4) is 5.75 Å². The summed E-state index contributed by atoms with van der Waals surface area (Å²) in [6.07, 6.45) is 3.10. The van der Waals surface area contributed by atoms with Gasteiger partial charge in [0.05, 0.1) is 12.0 Å². The van der Waals surface area contributed by atoms with E-state index in [0.29, 0.717) is 35.3 Å². The van der Waals surface area contributed by atoms with Crippen molar-refractivity contribution in [2.24, 2.45) is 0 Å². The Morgan fingerprint density at radius 1 is 0.933 bits per heavy atom. The van der Waals surface area contributed by atoms with Gasteiger partial charge in [0.2, 0.25) is 10.0 Å². The zero-order valence-corrected chi connectivity index (χ0v) is 17.8. The summed E-state index contributed by atoms with van der Waals surface area (Å²) in [5, 5.41) is 6.16. The van der Waals surface area contributed by atoms with E-state index in [0.717, 1.165) is 5.56 Å². The molecule has 30 heavy (non-hydrogen) atoms. The highest BCUT2D eigenvalue weighted by atomic mass is 32.2. The molecular formula is C20H24N6O3S. The lowest BCUT2D eigenvalue weighted by molar-refractivity contribution is 0.411. The van der Waals surface area contributed by atoms with Crippen LogP contribution in [-0.4, -0.2) is 43.6 Å². The summed E-state index contributed by atoms with van der Waals surface area (Å²) in [5.41, 5.74) is 1.38. The number of nitrogens with one attached hydrogen (secondary N) is 3. The zero-order valence-electron chi connectivity index (χ0n) is 17.0. The van der Waals surface area contributed by atoms with Crippen LogP contribution in [0.2, 0.25) is 0 Å². The number of benzene rings is 1. The summed E-state index contributed by atoms with van der Waals surface area (Å²) in [5.74, 6) is 2.47. The highest BCUT2D eigenvalue weighted by Gasteiger charge is 2.18. The van der Waals surface area contributed by atoms with Crippen molar-refractivity contribution in [3.05, 3.63) is 60.0 Å². The topological polar surface area (TPSA) is 118 Å². The standard InChI is InChI=1S/C20H24N6O3S/c1-14-11-17(15(2)10-16(14)29-3)30(27,28)25-9-8-22-19-12-20(24-13-23-19)26-18-6-4-5-7-21-18/h4-7,10-13,25H,8-9H2,1-3H3,(H2,21,22,23,24,26). The molecule has 0 unspecified atom stereocenters. The molecule has 0 aliphatic rings. The summed E-state index contributed by atoms with van der Waals surface area (Å²) in [6.45, 7) is 4.10. The minimum Gasteiger partial charge on any atom is -0.496 e. The molecule has 2 heterocycles. The van der Waals surface area contributed by atoms with Gasteiger partial charge in [-0.15, -0.1) is 0 Å². The number of sulfonamides is 1. The summed E-state index contributed by atoms with van der Waals surface area (Å²) in [7, 11) is -2.08. The van der Waals surface area contributed by atoms with Gasteiger partial charge in [-0.2, -0.15) is 0 Å². The van der Waals surface area contributed by atoms with Crippen molar-refractivity contribution in [1.29, 1.82) is 0 Å². The van der Waals surface area contributed by atoms with Crippen molar-refractivity contribution >= 4 is 27.5 Å². The molecule has 0 radical (unpaired) electrons. The first-order valence-corrected chi connectivity index (χ1v) is 10.8. The molecule has 158 valence electrons. The van der Waals surface area contributed by atoms with Gasteiger partial charge in [-0.05, 0) is 49.2 Å². The Hall–Kier alpha value is -3.24. The minimum absolute atomic E-state index is 0.194. The van der Waals surface area contributed by atoms with Crippen LogP contribution in [0.5, 0.6) is 5.75 Å². The van der Waals surface area contributed by atoms with Crippen LogP contribution in [0.25, 0.3) is 0 Å². The molecule has 10 heteroatoms. The van der Waals surface area contributed by atoms with Crippen LogP contribution in [0.1, 0.15) is 11.1 Å². The number of hydrogen-bond donors (Lipinski definition) is 3. The number of pyridine rings is 1. The Morgan fingerprint density at radius 2 is 1.73 bits per heavy atom. The Morgan fingerprint density at radius 3 is 2.47 bits per heavy atom. The minimum atomic E-state index is -3.64. The second-order valence-corrected chi connectivity index (χ2v) is 8.28. The number of anilines is 3. The van der Waals surface area contributed by atoms with Crippen molar-refractivity contribution in [1.82, 2.24) is 19.7 Å². The molecule has 3 rings (SSSR count). The fourth-order valence-corrected chi connectivity index (χ4v) is 4.16. The van der Waals surface area contributed by atoms with Gasteiger partial charge in [-0.25, -0.2) is 28.1 Å². The predicted octanol–water partition coefficient (Wildman–Crippen LogP) is 2.63. The van der Waals surface area contributed by atoms with Gasteiger partial charge < -0.3 is 15.4 Å². The van der Waals surface area contributed by atoms with Gasteiger partial charge in [0.15, 0.2) is 0 Å². The Kier molecular flexibility index (Phi) is 6.80. The van der Waals surface area contributed by atoms with Crippen LogP contribution in [0.15, 0.2) is 53.8 Å². The first kappa shape index (κ1) is 21.5. The SMILES string of the molecule is COc1cc(C)c(S(=O)(=O)NCCNc2cc(Nc3ccccn3)ncn2)cc1C. The van der Waals surface area contributed by atoms with E-state index in [9.17, 15) is 8.42 Å². The largest absolute Gasteiger partial charge is 0.496 e.